The van der Waals surface area contributed by atoms with Gasteiger partial charge in [0.2, 0.25) is 0 Å². The molecule has 5 nitrogen and oxygen atoms in total. The first-order chi connectivity index (χ1) is 9.65. The van der Waals surface area contributed by atoms with Crippen LogP contribution in [0.15, 0.2) is 6.33 Å². The summed E-state index contributed by atoms with van der Waals surface area (Å²) in [5.74, 6) is 1.98. The fourth-order valence-corrected chi connectivity index (χ4v) is 2.17. The minimum atomic E-state index is 0.379. The number of aromatic nitrogens is 2. The lowest BCUT2D eigenvalue weighted by molar-refractivity contribution is 0.203. The standard InChI is InChI=1S/C15H28N4O/c1-6-8-16-14-13(7-2)15(18-11-17-14)19(12(3)4)9-10-20-5/h11-12H,6-10H2,1-5H3,(H,16,17,18). The third-order valence-corrected chi connectivity index (χ3v) is 3.25. The van der Waals surface area contributed by atoms with Crippen molar-refractivity contribution in [2.45, 2.75) is 46.6 Å². The van der Waals surface area contributed by atoms with Crippen molar-refractivity contribution in [3.63, 3.8) is 0 Å². The number of ether oxygens (including phenoxy) is 1. The van der Waals surface area contributed by atoms with Gasteiger partial charge in [0.25, 0.3) is 0 Å². The highest BCUT2D eigenvalue weighted by Crippen LogP contribution is 2.25. The van der Waals surface area contributed by atoms with Crippen molar-refractivity contribution >= 4 is 11.6 Å². The fraction of sp³-hybridized carbons (Fsp3) is 0.733. The maximum absolute atomic E-state index is 5.21. The Kier molecular flexibility index (Phi) is 7.30. The molecule has 0 aromatic carbocycles. The van der Waals surface area contributed by atoms with Crippen molar-refractivity contribution in [1.29, 1.82) is 0 Å². The summed E-state index contributed by atoms with van der Waals surface area (Å²) in [6, 6.07) is 0.379. The molecule has 0 amide bonds. The summed E-state index contributed by atoms with van der Waals surface area (Å²) in [6.45, 7) is 11.1. The van der Waals surface area contributed by atoms with Crippen molar-refractivity contribution in [2.75, 3.05) is 37.0 Å². The van der Waals surface area contributed by atoms with Crippen LogP contribution in [0, 0.1) is 0 Å². The van der Waals surface area contributed by atoms with E-state index in [0.29, 0.717) is 12.6 Å². The molecule has 20 heavy (non-hydrogen) atoms. The lowest BCUT2D eigenvalue weighted by Crippen LogP contribution is -2.35. The molecule has 0 bridgehead atoms. The first-order valence-corrected chi connectivity index (χ1v) is 7.48. The van der Waals surface area contributed by atoms with Crippen LogP contribution in [-0.4, -0.2) is 42.8 Å². The Bertz CT molecular complexity index is 395. The zero-order valence-electron chi connectivity index (χ0n) is 13.4. The van der Waals surface area contributed by atoms with Crippen molar-refractivity contribution in [2.24, 2.45) is 0 Å². The zero-order chi connectivity index (χ0) is 15.0. The Labute approximate surface area is 122 Å². The minimum Gasteiger partial charge on any atom is -0.383 e. The van der Waals surface area contributed by atoms with E-state index >= 15 is 0 Å². The molecule has 0 radical (unpaired) electrons. The van der Waals surface area contributed by atoms with Gasteiger partial charge in [0.15, 0.2) is 0 Å². The molecule has 0 unspecified atom stereocenters. The molecule has 0 aliphatic carbocycles. The molecular formula is C15H28N4O. The maximum atomic E-state index is 5.21. The normalized spacial score (nSPS) is 10.9. The van der Waals surface area contributed by atoms with Crippen LogP contribution >= 0.6 is 0 Å². The highest BCUT2D eigenvalue weighted by atomic mass is 16.5. The van der Waals surface area contributed by atoms with Crippen LogP contribution < -0.4 is 10.2 Å². The van der Waals surface area contributed by atoms with Gasteiger partial charge in [-0.2, -0.15) is 0 Å². The fourth-order valence-electron chi connectivity index (χ4n) is 2.17. The van der Waals surface area contributed by atoms with Crippen LogP contribution in [0.5, 0.6) is 0 Å². The van der Waals surface area contributed by atoms with Gasteiger partial charge in [-0.1, -0.05) is 13.8 Å². The van der Waals surface area contributed by atoms with E-state index in [1.807, 2.05) is 0 Å². The molecule has 0 atom stereocenters. The van der Waals surface area contributed by atoms with E-state index in [0.717, 1.165) is 37.6 Å². The van der Waals surface area contributed by atoms with E-state index in [2.05, 4.69) is 47.9 Å². The summed E-state index contributed by atoms with van der Waals surface area (Å²) in [7, 11) is 1.73. The molecule has 1 rings (SSSR count). The number of nitrogens with one attached hydrogen (secondary N) is 1. The molecule has 0 fully saturated rings. The van der Waals surface area contributed by atoms with E-state index in [9.17, 15) is 0 Å². The van der Waals surface area contributed by atoms with Crippen LogP contribution in [0.4, 0.5) is 11.6 Å². The lowest BCUT2D eigenvalue weighted by atomic mass is 10.1. The van der Waals surface area contributed by atoms with E-state index in [-0.39, 0.29) is 0 Å². The molecule has 0 saturated carbocycles. The van der Waals surface area contributed by atoms with Crippen molar-refractivity contribution in [3.8, 4) is 0 Å². The molecule has 1 aromatic heterocycles. The van der Waals surface area contributed by atoms with E-state index in [1.54, 1.807) is 13.4 Å². The van der Waals surface area contributed by atoms with Gasteiger partial charge in [-0.05, 0) is 26.7 Å². The first kappa shape index (κ1) is 16.7. The van der Waals surface area contributed by atoms with Gasteiger partial charge in [0.1, 0.15) is 18.0 Å². The van der Waals surface area contributed by atoms with Crippen molar-refractivity contribution in [1.82, 2.24) is 9.97 Å². The van der Waals surface area contributed by atoms with Gasteiger partial charge in [-0.3, -0.25) is 0 Å². The average Bonchev–Trinajstić information content (AvgIpc) is 2.45. The van der Waals surface area contributed by atoms with Gasteiger partial charge in [0, 0.05) is 31.8 Å². The van der Waals surface area contributed by atoms with Gasteiger partial charge in [-0.15, -0.1) is 0 Å². The Morgan fingerprint density at radius 2 is 2.05 bits per heavy atom. The lowest BCUT2D eigenvalue weighted by Gasteiger charge is -2.29. The molecule has 0 saturated heterocycles. The van der Waals surface area contributed by atoms with E-state index in [4.69, 9.17) is 4.74 Å². The number of anilines is 2. The molecule has 0 spiro atoms. The van der Waals surface area contributed by atoms with Crippen LogP contribution in [0.3, 0.4) is 0 Å². The molecule has 0 aliphatic heterocycles. The third-order valence-electron chi connectivity index (χ3n) is 3.25. The first-order valence-electron chi connectivity index (χ1n) is 7.48. The SMILES string of the molecule is CCCNc1ncnc(N(CCOC)C(C)C)c1CC. The Morgan fingerprint density at radius 3 is 2.60 bits per heavy atom. The summed E-state index contributed by atoms with van der Waals surface area (Å²) in [6.07, 6.45) is 3.65. The van der Waals surface area contributed by atoms with Gasteiger partial charge >= 0.3 is 0 Å². The summed E-state index contributed by atoms with van der Waals surface area (Å²) in [5.41, 5.74) is 1.19. The predicted molar refractivity (Wildman–Crippen MR) is 84.5 cm³/mol. The topological polar surface area (TPSA) is 50.3 Å². The second-order valence-corrected chi connectivity index (χ2v) is 5.08. The van der Waals surface area contributed by atoms with E-state index in [1.165, 1.54) is 5.56 Å². The number of hydrogen-bond acceptors (Lipinski definition) is 5. The summed E-state index contributed by atoms with van der Waals surface area (Å²) in [4.78, 5) is 11.2. The highest BCUT2D eigenvalue weighted by Gasteiger charge is 2.18. The quantitative estimate of drug-likeness (QED) is 0.753. The number of methoxy groups -OCH3 is 1. The number of nitrogens with zero attached hydrogens (tertiary/aromatic N) is 3. The number of hydrogen-bond donors (Lipinski definition) is 1. The second-order valence-electron chi connectivity index (χ2n) is 5.08. The van der Waals surface area contributed by atoms with Crippen LogP contribution in [-0.2, 0) is 11.2 Å². The Morgan fingerprint density at radius 1 is 1.30 bits per heavy atom. The molecule has 5 heteroatoms. The summed E-state index contributed by atoms with van der Waals surface area (Å²) < 4.78 is 5.21. The van der Waals surface area contributed by atoms with Crippen LogP contribution in [0.25, 0.3) is 0 Å². The van der Waals surface area contributed by atoms with Crippen LogP contribution in [0.2, 0.25) is 0 Å². The summed E-state index contributed by atoms with van der Waals surface area (Å²) in [5, 5.41) is 3.40. The largest absolute Gasteiger partial charge is 0.383 e. The van der Waals surface area contributed by atoms with Crippen molar-refractivity contribution in [3.05, 3.63) is 11.9 Å². The highest BCUT2D eigenvalue weighted by molar-refractivity contribution is 5.59. The number of rotatable bonds is 9. The van der Waals surface area contributed by atoms with E-state index < -0.39 is 0 Å². The predicted octanol–water partition coefficient (Wildman–Crippen LogP) is 2.72. The smallest absolute Gasteiger partial charge is 0.137 e. The molecular weight excluding hydrogens is 252 g/mol. The molecule has 114 valence electrons. The van der Waals surface area contributed by atoms with Crippen LogP contribution in [0.1, 0.15) is 39.7 Å². The van der Waals surface area contributed by atoms with Gasteiger partial charge in [0.05, 0.1) is 6.61 Å². The monoisotopic (exact) mass is 280 g/mol. The Hall–Kier alpha value is -1.36. The Balaban J connectivity index is 3.06. The molecule has 0 aliphatic rings. The molecule has 1 heterocycles. The van der Waals surface area contributed by atoms with Gasteiger partial charge < -0.3 is 15.0 Å². The minimum absolute atomic E-state index is 0.379. The summed E-state index contributed by atoms with van der Waals surface area (Å²) >= 11 is 0. The van der Waals surface area contributed by atoms with Gasteiger partial charge in [-0.25, -0.2) is 9.97 Å². The molecule has 1 aromatic rings. The average molecular weight is 280 g/mol. The molecule has 1 N–H and O–H groups in total. The maximum Gasteiger partial charge on any atom is 0.137 e. The third kappa shape index (κ3) is 4.34. The van der Waals surface area contributed by atoms with Crippen molar-refractivity contribution < 1.29 is 4.74 Å². The zero-order valence-corrected chi connectivity index (χ0v) is 13.4. The second kappa shape index (κ2) is 8.74.